The SMILES string of the molecule is CCOC(=O)c1ccc(NC(=O)NC(CO)C(=O)NCC(=O)NCc2ccc(N=C(N)N)cc2)cc1. The first-order valence-electron chi connectivity index (χ1n) is 10.9. The first-order chi connectivity index (χ1) is 17.2. The number of nitrogens with two attached hydrogens (primary N) is 2. The number of aliphatic imine (C=N–C) groups is 1. The number of nitrogens with zero attached hydrogens (tertiary/aromatic N) is 1. The van der Waals surface area contributed by atoms with Crippen LogP contribution < -0.4 is 32.7 Å². The molecular formula is C23H29N7O6. The summed E-state index contributed by atoms with van der Waals surface area (Å²) in [6.07, 6.45) is 0. The van der Waals surface area contributed by atoms with E-state index in [2.05, 4.69) is 26.3 Å². The fourth-order valence-electron chi connectivity index (χ4n) is 2.81. The summed E-state index contributed by atoms with van der Waals surface area (Å²) in [6, 6.07) is 10.7. The number of anilines is 1. The van der Waals surface area contributed by atoms with Crippen LogP contribution in [0, 0.1) is 0 Å². The highest BCUT2D eigenvalue weighted by Gasteiger charge is 2.20. The molecule has 1 atom stereocenters. The summed E-state index contributed by atoms with van der Waals surface area (Å²) in [5.41, 5.74) is 12.6. The molecule has 13 nitrogen and oxygen atoms in total. The Morgan fingerprint density at radius 2 is 1.67 bits per heavy atom. The van der Waals surface area contributed by atoms with E-state index < -0.39 is 36.5 Å². The van der Waals surface area contributed by atoms with Crippen molar-refractivity contribution >= 4 is 41.1 Å². The number of urea groups is 1. The van der Waals surface area contributed by atoms with Crippen molar-refractivity contribution < 1.29 is 29.0 Å². The number of guanidine groups is 1. The zero-order valence-electron chi connectivity index (χ0n) is 19.6. The molecule has 0 saturated carbocycles. The maximum atomic E-state index is 12.3. The average molecular weight is 500 g/mol. The third kappa shape index (κ3) is 9.30. The van der Waals surface area contributed by atoms with Gasteiger partial charge in [-0.3, -0.25) is 9.59 Å². The number of ether oxygens (including phenoxy) is 1. The quantitative estimate of drug-likeness (QED) is 0.123. The smallest absolute Gasteiger partial charge is 0.338 e. The maximum Gasteiger partial charge on any atom is 0.338 e. The van der Waals surface area contributed by atoms with Crippen LogP contribution in [-0.4, -0.2) is 60.7 Å². The van der Waals surface area contributed by atoms with Crippen LogP contribution in [0.3, 0.4) is 0 Å². The van der Waals surface area contributed by atoms with Gasteiger partial charge in [0, 0.05) is 12.2 Å². The van der Waals surface area contributed by atoms with E-state index in [9.17, 15) is 24.3 Å². The molecule has 36 heavy (non-hydrogen) atoms. The number of amides is 4. The minimum absolute atomic E-state index is 0.0651. The fraction of sp³-hybridized carbons (Fsp3) is 0.261. The van der Waals surface area contributed by atoms with Gasteiger partial charge < -0.3 is 42.6 Å². The third-order valence-corrected chi connectivity index (χ3v) is 4.57. The minimum Gasteiger partial charge on any atom is -0.462 e. The standard InChI is InChI=1S/C23H29N7O6/c1-2-36-21(34)15-5-9-17(10-6-15)29-23(35)30-18(13-31)20(33)27-12-19(32)26-11-14-3-7-16(8-4-14)28-22(24)25/h3-10,18,31H,2,11-13H2,1H3,(H,26,32)(H,27,33)(H4,24,25,28)(H2,29,30,35). The Hall–Kier alpha value is -4.65. The Bertz CT molecular complexity index is 1080. The number of esters is 1. The van der Waals surface area contributed by atoms with E-state index in [1.54, 1.807) is 31.2 Å². The summed E-state index contributed by atoms with van der Waals surface area (Å²) >= 11 is 0. The maximum absolute atomic E-state index is 12.3. The monoisotopic (exact) mass is 499 g/mol. The molecule has 0 fully saturated rings. The molecule has 2 aromatic carbocycles. The Balaban J connectivity index is 1.77. The van der Waals surface area contributed by atoms with Crippen molar-refractivity contribution in [3.63, 3.8) is 0 Å². The third-order valence-electron chi connectivity index (χ3n) is 4.57. The van der Waals surface area contributed by atoms with Crippen molar-refractivity contribution in [1.29, 1.82) is 0 Å². The van der Waals surface area contributed by atoms with Crippen molar-refractivity contribution in [2.45, 2.75) is 19.5 Å². The molecule has 0 aliphatic rings. The first kappa shape index (κ1) is 27.6. The zero-order valence-corrected chi connectivity index (χ0v) is 19.6. The van der Waals surface area contributed by atoms with Gasteiger partial charge in [-0.15, -0.1) is 0 Å². The van der Waals surface area contributed by atoms with Gasteiger partial charge in [-0.1, -0.05) is 12.1 Å². The summed E-state index contributed by atoms with van der Waals surface area (Å²) in [7, 11) is 0. The number of hydrogen-bond donors (Lipinski definition) is 7. The van der Waals surface area contributed by atoms with Crippen LogP contribution in [0.5, 0.6) is 0 Å². The molecule has 0 radical (unpaired) electrons. The molecule has 0 aliphatic heterocycles. The molecule has 0 spiro atoms. The Labute approximate surface area is 207 Å². The van der Waals surface area contributed by atoms with Crippen LogP contribution in [0.15, 0.2) is 53.5 Å². The normalized spacial score (nSPS) is 10.9. The average Bonchev–Trinajstić information content (AvgIpc) is 2.85. The molecule has 4 amide bonds. The highest BCUT2D eigenvalue weighted by atomic mass is 16.5. The van der Waals surface area contributed by atoms with Gasteiger partial charge in [-0.05, 0) is 48.9 Å². The second-order valence-electron chi connectivity index (χ2n) is 7.33. The zero-order chi connectivity index (χ0) is 26.5. The van der Waals surface area contributed by atoms with Gasteiger partial charge in [-0.25, -0.2) is 14.6 Å². The predicted octanol–water partition coefficient (Wildman–Crippen LogP) is -0.317. The van der Waals surface area contributed by atoms with Crippen LogP contribution in [0.2, 0.25) is 0 Å². The van der Waals surface area contributed by atoms with E-state index in [4.69, 9.17) is 16.2 Å². The molecule has 9 N–H and O–H groups in total. The molecule has 2 rings (SSSR count). The topological polar surface area (TPSA) is 210 Å². The fourth-order valence-corrected chi connectivity index (χ4v) is 2.81. The highest BCUT2D eigenvalue weighted by Crippen LogP contribution is 2.12. The summed E-state index contributed by atoms with van der Waals surface area (Å²) in [6.45, 7) is 1.08. The van der Waals surface area contributed by atoms with Gasteiger partial charge >= 0.3 is 12.0 Å². The highest BCUT2D eigenvalue weighted by molar-refractivity contribution is 5.95. The molecule has 192 valence electrons. The van der Waals surface area contributed by atoms with Gasteiger partial charge in [0.2, 0.25) is 11.8 Å². The molecular weight excluding hydrogens is 470 g/mol. The van der Waals surface area contributed by atoms with Gasteiger partial charge in [0.15, 0.2) is 5.96 Å². The Morgan fingerprint density at radius 1 is 1.00 bits per heavy atom. The van der Waals surface area contributed by atoms with E-state index in [0.29, 0.717) is 16.9 Å². The molecule has 13 heteroatoms. The number of rotatable bonds is 11. The van der Waals surface area contributed by atoms with E-state index in [-0.39, 0.29) is 25.7 Å². The summed E-state index contributed by atoms with van der Waals surface area (Å²) < 4.78 is 4.88. The van der Waals surface area contributed by atoms with E-state index in [1.165, 1.54) is 24.3 Å². The molecule has 0 heterocycles. The van der Waals surface area contributed by atoms with E-state index >= 15 is 0 Å². The number of aliphatic hydroxyl groups excluding tert-OH is 1. The molecule has 0 aromatic heterocycles. The van der Waals surface area contributed by atoms with Gasteiger partial charge in [0.25, 0.3) is 0 Å². The van der Waals surface area contributed by atoms with Gasteiger partial charge in [-0.2, -0.15) is 0 Å². The van der Waals surface area contributed by atoms with Crippen LogP contribution in [0.1, 0.15) is 22.8 Å². The van der Waals surface area contributed by atoms with E-state index in [1.807, 2.05) is 0 Å². The number of nitrogens with one attached hydrogen (secondary N) is 4. The molecule has 0 bridgehead atoms. The number of aliphatic hydroxyl groups is 1. The van der Waals surface area contributed by atoms with Crippen molar-refractivity contribution in [1.82, 2.24) is 16.0 Å². The Morgan fingerprint density at radius 3 is 2.25 bits per heavy atom. The first-order valence-corrected chi connectivity index (χ1v) is 10.9. The van der Waals surface area contributed by atoms with Crippen molar-refractivity contribution in [3.05, 3.63) is 59.7 Å². The van der Waals surface area contributed by atoms with Crippen LogP contribution in [0.25, 0.3) is 0 Å². The Kier molecular flexibility index (Phi) is 10.7. The van der Waals surface area contributed by atoms with Gasteiger partial charge in [0.05, 0.1) is 31.0 Å². The lowest BCUT2D eigenvalue weighted by Crippen LogP contribution is -2.51. The molecule has 0 aliphatic carbocycles. The summed E-state index contributed by atoms with van der Waals surface area (Å²) in [5, 5.41) is 19.2. The van der Waals surface area contributed by atoms with Crippen LogP contribution >= 0.6 is 0 Å². The number of hydrogen-bond acceptors (Lipinski definition) is 7. The number of carbonyl (C=O) groups excluding carboxylic acids is 4. The van der Waals surface area contributed by atoms with Crippen molar-refractivity contribution in [2.24, 2.45) is 16.5 Å². The molecule has 1 unspecified atom stereocenters. The molecule has 0 saturated heterocycles. The van der Waals surface area contributed by atoms with E-state index in [0.717, 1.165) is 5.56 Å². The number of carbonyl (C=O) groups is 4. The van der Waals surface area contributed by atoms with Crippen LogP contribution in [-0.2, 0) is 20.9 Å². The number of benzene rings is 2. The summed E-state index contributed by atoms with van der Waals surface area (Å²) in [5.74, 6) is -1.78. The van der Waals surface area contributed by atoms with Crippen molar-refractivity contribution in [2.75, 3.05) is 25.1 Å². The predicted molar refractivity (Wildman–Crippen MR) is 132 cm³/mol. The lowest BCUT2D eigenvalue weighted by Gasteiger charge is -2.17. The second kappa shape index (κ2) is 13.9. The second-order valence-corrected chi connectivity index (χ2v) is 7.33. The molecule has 2 aromatic rings. The largest absolute Gasteiger partial charge is 0.462 e. The lowest BCUT2D eigenvalue weighted by molar-refractivity contribution is -0.127. The summed E-state index contributed by atoms with van der Waals surface area (Å²) in [4.78, 5) is 52.1. The van der Waals surface area contributed by atoms with Crippen LogP contribution in [0.4, 0.5) is 16.2 Å². The van der Waals surface area contributed by atoms with Gasteiger partial charge in [0.1, 0.15) is 6.04 Å². The lowest BCUT2D eigenvalue weighted by atomic mass is 10.2. The van der Waals surface area contributed by atoms with Crippen molar-refractivity contribution in [3.8, 4) is 0 Å². The minimum atomic E-state index is -1.29.